The highest BCUT2D eigenvalue weighted by molar-refractivity contribution is 7.98. The van der Waals surface area contributed by atoms with Crippen LogP contribution < -0.4 is 0 Å². The van der Waals surface area contributed by atoms with Gasteiger partial charge in [-0.15, -0.1) is 22.0 Å². The van der Waals surface area contributed by atoms with E-state index >= 15 is 0 Å². The predicted molar refractivity (Wildman–Crippen MR) is 80.4 cm³/mol. The van der Waals surface area contributed by atoms with Crippen molar-refractivity contribution in [1.29, 1.82) is 0 Å². The molecule has 3 heterocycles. The number of thioether (sulfide) groups is 1. The molecule has 2 aromatic heterocycles. The summed E-state index contributed by atoms with van der Waals surface area (Å²) in [5.74, 6) is 1.91. The Morgan fingerprint density at radius 2 is 2.14 bits per heavy atom. The Hall–Kier alpha value is -1.89. The van der Waals surface area contributed by atoms with Gasteiger partial charge < -0.3 is 9.47 Å². The van der Waals surface area contributed by atoms with Crippen molar-refractivity contribution in [2.24, 2.45) is 0 Å². The number of carbonyl (C=O) groups excluding carboxylic acids is 1. The SMILES string of the molecule is CSc1ncccc1C(=O)N1CCc2nnc(C)n2CC1. The van der Waals surface area contributed by atoms with E-state index in [9.17, 15) is 4.79 Å². The number of fused-ring (bicyclic) bond motifs is 1. The van der Waals surface area contributed by atoms with E-state index in [1.54, 1.807) is 6.20 Å². The fourth-order valence-corrected chi connectivity index (χ4v) is 3.10. The summed E-state index contributed by atoms with van der Waals surface area (Å²) in [6.07, 6.45) is 4.39. The lowest BCUT2D eigenvalue weighted by atomic mass is 10.2. The van der Waals surface area contributed by atoms with Crippen molar-refractivity contribution in [3.63, 3.8) is 0 Å². The second kappa shape index (κ2) is 5.85. The zero-order valence-electron chi connectivity index (χ0n) is 12.1. The maximum atomic E-state index is 12.7. The predicted octanol–water partition coefficient (Wildman–Crippen LogP) is 1.40. The summed E-state index contributed by atoms with van der Waals surface area (Å²) in [5.41, 5.74) is 0.680. The minimum atomic E-state index is 0.0452. The molecule has 0 saturated carbocycles. The van der Waals surface area contributed by atoms with Crippen LogP contribution in [-0.4, -0.2) is 49.9 Å². The van der Waals surface area contributed by atoms with Gasteiger partial charge in [0.25, 0.3) is 5.91 Å². The van der Waals surface area contributed by atoms with Crippen molar-refractivity contribution in [2.45, 2.75) is 24.9 Å². The quantitative estimate of drug-likeness (QED) is 0.785. The second-order valence-electron chi connectivity index (χ2n) is 4.92. The highest BCUT2D eigenvalue weighted by atomic mass is 32.2. The summed E-state index contributed by atoms with van der Waals surface area (Å²) in [7, 11) is 0. The van der Waals surface area contributed by atoms with Crippen LogP contribution in [0.5, 0.6) is 0 Å². The minimum Gasteiger partial charge on any atom is -0.336 e. The van der Waals surface area contributed by atoms with Crippen LogP contribution in [0.2, 0.25) is 0 Å². The molecule has 0 aromatic carbocycles. The average molecular weight is 303 g/mol. The van der Waals surface area contributed by atoms with Crippen molar-refractivity contribution in [1.82, 2.24) is 24.6 Å². The molecule has 0 saturated heterocycles. The third kappa shape index (κ3) is 2.65. The standard InChI is InChI=1S/C14H17N5OS/c1-10-16-17-12-5-7-18(8-9-19(10)12)14(20)11-4-3-6-15-13(11)21-2/h3-4,6H,5,7-9H2,1-2H3. The number of aromatic nitrogens is 4. The van der Waals surface area contributed by atoms with Gasteiger partial charge in [0.1, 0.15) is 16.7 Å². The van der Waals surface area contributed by atoms with E-state index in [0.717, 1.165) is 29.6 Å². The summed E-state index contributed by atoms with van der Waals surface area (Å²) < 4.78 is 2.09. The first kappa shape index (κ1) is 14.1. The maximum Gasteiger partial charge on any atom is 0.256 e. The highest BCUT2D eigenvalue weighted by Crippen LogP contribution is 2.20. The van der Waals surface area contributed by atoms with Crippen LogP contribution in [-0.2, 0) is 13.0 Å². The van der Waals surface area contributed by atoms with E-state index in [1.807, 2.05) is 30.2 Å². The van der Waals surface area contributed by atoms with Gasteiger partial charge in [0.05, 0.1) is 5.56 Å². The fraction of sp³-hybridized carbons (Fsp3) is 0.429. The van der Waals surface area contributed by atoms with Crippen molar-refractivity contribution in [2.75, 3.05) is 19.3 Å². The molecule has 7 heteroatoms. The van der Waals surface area contributed by atoms with Gasteiger partial charge in [-0.1, -0.05) is 0 Å². The van der Waals surface area contributed by atoms with Gasteiger partial charge >= 0.3 is 0 Å². The van der Waals surface area contributed by atoms with E-state index < -0.39 is 0 Å². The van der Waals surface area contributed by atoms with Crippen molar-refractivity contribution < 1.29 is 4.79 Å². The summed E-state index contributed by atoms with van der Waals surface area (Å²) >= 11 is 1.50. The van der Waals surface area contributed by atoms with Gasteiger partial charge in [-0.25, -0.2) is 4.98 Å². The molecular formula is C14H17N5OS. The van der Waals surface area contributed by atoms with E-state index in [4.69, 9.17) is 0 Å². The molecule has 0 fully saturated rings. The molecule has 3 rings (SSSR count). The Kier molecular flexibility index (Phi) is 3.92. The normalized spacial score (nSPS) is 14.7. The van der Waals surface area contributed by atoms with Crippen LogP contribution in [0.3, 0.4) is 0 Å². The molecule has 1 aliphatic rings. The molecule has 1 amide bonds. The van der Waals surface area contributed by atoms with Crippen LogP contribution in [0.25, 0.3) is 0 Å². The molecular weight excluding hydrogens is 286 g/mol. The van der Waals surface area contributed by atoms with Gasteiger partial charge in [-0.2, -0.15) is 0 Å². The molecule has 110 valence electrons. The van der Waals surface area contributed by atoms with Crippen LogP contribution in [0.1, 0.15) is 22.0 Å². The minimum absolute atomic E-state index is 0.0452. The van der Waals surface area contributed by atoms with E-state index in [-0.39, 0.29) is 5.91 Å². The first-order chi connectivity index (χ1) is 10.2. The Balaban J connectivity index is 1.81. The Labute approximate surface area is 127 Å². The van der Waals surface area contributed by atoms with Crippen LogP contribution in [0.15, 0.2) is 23.4 Å². The van der Waals surface area contributed by atoms with Crippen molar-refractivity contribution in [3.05, 3.63) is 35.5 Å². The molecule has 0 N–H and O–H groups in total. The fourth-order valence-electron chi connectivity index (χ4n) is 2.56. The number of nitrogens with zero attached hydrogens (tertiary/aromatic N) is 5. The average Bonchev–Trinajstić information content (AvgIpc) is 2.75. The molecule has 0 atom stereocenters. The summed E-state index contributed by atoms with van der Waals surface area (Å²) in [5, 5.41) is 9.05. The first-order valence-corrected chi connectivity index (χ1v) is 8.10. The first-order valence-electron chi connectivity index (χ1n) is 6.87. The van der Waals surface area contributed by atoms with Crippen molar-refractivity contribution >= 4 is 17.7 Å². The van der Waals surface area contributed by atoms with Gasteiger partial charge in [-0.3, -0.25) is 4.79 Å². The van der Waals surface area contributed by atoms with Gasteiger partial charge in [-0.05, 0) is 25.3 Å². The molecule has 21 heavy (non-hydrogen) atoms. The van der Waals surface area contributed by atoms with E-state index in [2.05, 4.69) is 19.7 Å². The second-order valence-corrected chi connectivity index (χ2v) is 5.71. The monoisotopic (exact) mass is 303 g/mol. The molecule has 2 aromatic rings. The number of carbonyl (C=O) groups is 1. The summed E-state index contributed by atoms with van der Waals surface area (Å²) in [6, 6.07) is 3.65. The molecule has 0 aliphatic carbocycles. The maximum absolute atomic E-state index is 12.7. The number of hydrogen-bond acceptors (Lipinski definition) is 5. The summed E-state index contributed by atoms with van der Waals surface area (Å²) in [6.45, 7) is 4.03. The van der Waals surface area contributed by atoms with Crippen LogP contribution in [0.4, 0.5) is 0 Å². The Morgan fingerprint density at radius 3 is 2.95 bits per heavy atom. The number of hydrogen-bond donors (Lipinski definition) is 0. The van der Waals surface area contributed by atoms with E-state index in [1.165, 1.54) is 11.8 Å². The number of aryl methyl sites for hydroxylation is 1. The van der Waals surface area contributed by atoms with Gasteiger partial charge in [0.2, 0.25) is 0 Å². The number of amides is 1. The summed E-state index contributed by atoms with van der Waals surface area (Å²) in [4.78, 5) is 18.9. The Bertz CT molecular complexity index is 669. The third-order valence-corrected chi connectivity index (χ3v) is 4.41. The van der Waals surface area contributed by atoms with Gasteiger partial charge in [0.15, 0.2) is 0 Å². The topological polar surface area (TPSA) is 63.9 Å². The highest BCUT2D eigenvalue weighted by Gasteiger charge is 2.23. The molecule has 0 spiro atoms. The molecule has 0 radical (unpaired) electrons. The Morgan fingerprint density at radius 1 is 1.29 bits per heavy atom. The smallest absolute Gasteiger partial charge is 0.256 e. The lowest BCUT2D eigenvalue weighted by Crippen LogP contribution is -2.34. The number of pyridine rings is 1. The van der Waals surface area contributed by atoms with E-state index in [0.29, 0.717) is 18.7 Å². The lowest BCUT2D eigenvalue weighted by molar-refractivity contribution is 0.0754. The zero-order valence-corrected chi connectivity index (χ0v) is 12.9. The molecule has 0 unspecified atom stereocenters. The molecule has 1 aliphatic heterocycles. The molecule has 6 nitrogen and oxygen atoms in total. The lowest BCUT2D eigenvalue weighted by Gasteiger charge is -2.20. The van der Waals surface area contributed by atoms with Gasteiger partial charge in [0, 0.05) is 32.3 Å². The third-order valence-electron chi connectivity index (χ3n) is 3.69. The largest absolute Gasteiger partial charge is 0.336 e. The van der Waals surface area contributed by atoms with Crippen LogP contribution >= 0.6 is 11.8 Å². The molecule has 0 bridgehead atoms. The number of rotatable bonds is 2. The van der Waals surface area contributed by atoms with Crippen molar-refractivity contribution in [3.8, 4) is 0 Å². The zero-order chi connectivity index (χ0) is 14.8. The van der Waals surface area contributed by atoms with Crippen LogP contribution in [0, 0.1) is 6.92 Å².